The Morgan fingerprint density at radius 3 is 2.60 bits per heavy atom. The fourth-order valence-electron chi connectivity index (χ4n) is 1.87. The largest absolute Gasteiger partial charge is 0.491 e. The van der Waals surface area contributed by atoms with Crippen LogP contribution in [0.4, 0.5) is 5.69 Å². The van der Waals surface area contributed by atoms with Crippen molar-refractivity contribution < 1.29 is 9.53 Å². The van der Waals surface area contributed by atoms with E-state index in [1.807, 2.05) is 45.9 Å². The zero-order valence-electron chi connectivity index (χ0n) is 13.2. The van der Waals surface area contributed by atoms with Crippen molar-refractivity contribution in [2.45, 2.75) is 46.6 Å². The van der Waals surface area contributed by atoms with E-state index in [2.05, 4.69) is 17.6 Å². The Bertz CT molecular complexity index is 456. The first kappa shape index (κ1) is 16.5. The molecule has 112 valence electrons. The van der Waals surface area contributed by atoms with Crippen LogP contribution < -0.4 is 15.4 Å². The number of hydrogen-bond acceptors (Lipinski definition) is 3. The number of aryl methyl sites for hydroxylation is 1. The quantitative estimate of drug-likeness (QED) is 0.805. The summed E-state index contributed by atoms with van der Waals surface area (Å²) in [6.07, 6.45) is 0.935. The minimum absolute atomic E-state index is 0.0652. The number of amides is 1. The van der Waals surface area contributed by atoms with Gasteiger partial charge in [-0.15, -0.1) is 0 Å². The standard InChI is InChI=1S/C16H26N2O2/c1-6-10-20-14-11-12(3)8-9-13(14)18-15(19)16(4,5)17-7-2/h8-9,11,17H,6-7,10H2,1-5H3,(H,18,19). The molecule has 0 aliphatic rings. The Labute approximate surface area is 121 Å². The molecule has 0 fully saturated rings. The van der Waals surface area contributed by atoms with Crippen LogP contribution >= 0.6 is 0 Å². The van der Waals surface area contributed by atoms with Crippen molar-refractivity contribution in [1.29, 1.82) is 0 Å². The Balaban J connectivity index is 2.88. The van der Waals surface area contributed by atoms with E-state index in [9.17, 15) is 4.79 Å². The molecule has 1 aromatic rings. The number of hydrogen-bond donors (Lipinski definition) is 2. The maximum Gasteiger partial charge on any atom is 0.244 e. The van der Waals surface area contributed by atoms with Crippen molar-refractivity contribution >= 4 is 11.6 Å². The minimum atomic E-state index is -0.609. The maximum absolute atomic E-state index is 12.3. The molecule has 4 nitrogen and oxygen atoms in total. The predicted octanol–water partition coefficient (Wildman–Crippen LogP) is 3.11. The molecule has 0 radical (unpaired) electrons. The van der Waals surface area contributed by atoms with Gasteiger partial charge in [-0.25, -0.2) is 0 Å². The monoisotopic (exact) mass is 278 g/mol. The highest BCUT2D eigenvalue weighted by Crippen LogP contribution is 2.26. The highest BCUT2D eigenvalue weighted by Gasteiger charge is 2.26. The second-order valence-corrected chi connectivity index (χ2v) is 5.46. The number of nitrogens with one attached hydrogen (secondary N) is 2. The van der Waals surface area contributed by atoms with Crippen LogP contribution in [-0.4, -0.2) is 24.6 Å². The fourth-order valence-corrected chi connectivity index (χ4v) is 1.87. The van der Waals surface area contributed by atoms with Crippen molar-refractivity contribution in [3.05, 3.63) is 23.8 Å². The summed E-state index contributed by atoms with van der Waals surface area (Å²) in [5, 5.41) is 6.11. The van der Waals surface area contributed by atoms with Crippen molar-refractivity contribution in [3.63, 3.8) is 0 Å². The summed E-state index contributed by atoms with van der Waals surface area (Å²) < 4.78 is 5.71. The van der Waals surface area contributed by atoms with Gasteiger partial charge < -0.3 is 15.4 Å². The van der Waals surface area contributed by atoms with Gasteiger partial charge >= 0.3 is 0 Å². The highest BCUT2D eigenvalue weighted by molar-refractivity contribution is 5.98. The van der Waals surface area contributed by atoms with E-state index >= 15 is 0 Å². The van der Waals surface area contributed by atoms with Crippen LogP contribution in [-0.2, 0) is 4.79 Å². The van der Waals surface area contributed by atoms with Gasteiger partial charge in [-0.1, -0.05) is 19.9 Å². The molecule has 0 aliphatic carbocycles. The molecule has 0 atom stereocenters. The summed E-state index contributed by atoms with van der Waals surface area (Å²) in [7, 11) is 0. The summed E-state index contributed by atoms with van der Waals surface area (Å²) in [5.74, 6) is 0.664. The zero-order valence-corrected chi connectivity index (χ0v) is 13.2. The molecule has 4 heteroatoms. The third-order valence-electron chi connectivity index (χ3n) is 3.03. The molecule has 1 aromatic carbocycles. The van der Waals surface area contributed by atoms with Gasteiger partial charge in [-0.3, -0.25) is 4.79 Å². The molecule has 0 aliphatic heterocycles. The summed E-state index contributed by atoms with van der Waals surface area (Å²) in [6, 6.07) is 5.81. The molecule has 0 bridgehead atoms. The van der Waals surface area contributed by atoms with Crippen molar-refractivity contribution in [2.24, 2.45) is 0 Å². The molecule has 0 aromatic heterocycles. The lowest BCUT2D eigenvalue weighted by atomic mass is 10.0. The molecule has 0 spiro atoms. The van der Waals surface area contributed by atoms with Gasteiger partial charge in [0.25, 0.3) is 0 Å². The first-order valence-corrected chi connectivity index (χ1v) is 7.20. The minimum Gasteiger partial charge on any atom is -0.491 e. The van der Waals surface area contributed by atoms with E-state index in [4.69, 9.17) is 4.74 Å². The Morgan fingerprint density at radius 2 is 2.00 bits per heavy atom. The van der Waals surface area contributed by atoms with Crippen LogP contribution in [0.5, 0.6) is 5.75 Å². The number of anilines is 1. The number of carbonyl (C=O) groups is 1. The Hall–Kier alpha value is -1.55. The van der Waals surface area contributed by atoms with Gasteiger partial charge in [0.15, 0.2) is 0 Å². The lowest BCUT2D eigenvalue weighted by Crippen LogP contribution is -2.49. The Kier molecular flexibility index (Phi) is 6.02. The summed E-state index contributed by atoms with van der Waals surface area (Å²) in [6.45, 7) is 11.2. The fraction of sp³-hybridized carbons (Fsp3) is 0.562. The van der Waals surface area contributed by atoms with Crippen LogP contribution in [0.1, 0.15) is 39.7 Å². The lowest BCUT2D eigenvalue weighted by Gasteiger charge is -2.25. The van der Waals surface area contributed by atoms with E-state index in [1.165, 1.54) is 0 Å². The average Bonchev–Trinajstić information content (AvgIpc) is 2.38. The molecule has 0 unspecified atom stereocenters. The molecule has 1 amide bonds. The topological polar surface area (TPSA) is 50.4 Å². The first-order valence-electron chi connectivity index (χ1n) is 7.20. The van der Waals surface area contributed by atoms with Crippen molar-refractivity contribution in [3.8, 4) is 5.75 Å². The molecular weight excluding hydrogens is 252 g/mol. The van der Waals surface area contributed by atoms with E-state index in [1.54, 1.807) is 0 Å². The number of carbonyl (C=O) groups excluding carboxylic acids is 1. The molecule has 20 heavy (non-hydrogen) atoms. The number of ether oxygens (including phenoxy) is 1. The second-order valence-electron chi connectivity index (χ2n) is 5.46. The number of rotatable bonds is 7. The van der Waals surface area contributed by atoms with Gasteiger partial charge in [0.2, 0.25) is 5.91 Å². The number of benzene rings is 1. The maximum atomic E-state index is 12.3. The average molecular weight is 278 g/mol. The third-order valence-corrected chi connectivity index (χ3v) is 3.03. The first-order chi connectivity index (χ1) is 9.40. The summed E-state index contributed by atoms with van der Waals surface area (Å²) in [4.78, 5) is 12.3. The van der Waals surface area contributed by atoms with E-state index in [0.717, 1.165) is 30.0 Å². The van der Waals surface area contributed by atoms with Crippen LogP contribution in [0.3, 0.4) is 0 Å². The van der Waals surface area contributed by atoms with Gasteiger partial charge in [-0.2, -0.15) is 0 Å². The normalized spacial score (nSPS) is 11.2. The molecule has 0 saturated carbocycles. The predicted molar refractivity (Wildman–Crippen MR) is 83.4 cm³/mol. The molecule has 2 N–H and O–H groups in total. The lowest BCUT2D eigenvalue weighted by molar-refractivity contribution is -0.121. The van der Waals surface area contributed by atoms with Gasteiger partial charge in [-0.05, 0) is 51.4 Å². The smallest absolute Gasteiger partial charge is 0.244 e. The Morgan fingerprint density at radius 1 is 1.30 bits per heavy atom. The third kappa shape index (κ3) is 4.53. The second kappa shape index (κ2) is 7.29. The van der Waals surface area contributed by atoms with Crippen molar-refractivity contribution in [2.75, 3.05) is 18.5 Å². The molecule has 0 saturated heterocycles. The van der Waals surface area contributed by atoms with Gasteiger partial charge in [0.1, 0.15) is 5.75 Å². The zero-order chi connectivity index (χ0) is 15.2. The van der Waals surface area contributed by atoms with E-state index in [-0.39, 0.29) is 5.91 Å². The summed E-state index contributed by atoms with van der Waals surface area (Å²) >= 11 is 0. The van der Waals surface area contributed by atoms with Crippen molar-refractivity contribution in [1.82, 2.24) is 5.32 Å². The summed E-state index contributed by atoms with van der Waals surface area (Å²) in [5.41, 5.74) is 1.22. The SMILES string of the molecule is CCCOc1cc(C)ccc1NC(=O)C(C)(C)NCC. The van der Waals surface area contributed by atoms with E-state index in [0.29, 0.717) is 6.61 Å². The van der Waals surface area contributed by atoms with Crippen LogP contribution in [0.2, 0.25) is 0 Å². The highest BCUT2D eigenvalue weighted by atomic mass is 16.5. The molecule has 0 heterocycles. The van der Waals surface area contributed by atoms with Gasteiger partial charge in [0.05, 0.1) is 17.8 Å². The number of likely N-dealkylation sites (N-methyl/N-ethyl adjacent to an activating group) is 1. The van der Waals surface area contributed by atoms with Crippen LogP contribution in [0.25, 0.3) is 0 Å². The van der Waals surface area contributed by atoms with Gasteiger partial charge in [0, 0.05) is 0 Å². The molecule has 1 rings (SSSR count). The molecular formula is C16H26N2O2. The van der Waals surface area contributed by atoms with Crippen LogP contribution in [0, 0.1) is 6.92 Å². The van der Waals surface area contributed by atoms with Crippen LogP contribution in [0.15, 0.2) is 18.2 Å². The van der Waals surface area contributed by atoms with E-state index < -0.39 is 5.54 Å².